The normalized spacial score (nSPS) is 10.9. The summed E-state index contributed by atoms with van der Waals surface area (Å²) in [5.74, 6) is 1.10. The third-order valence-corrected chi connectivity index (χ3v) is 5.96. The lowest BCUT2D eigenvalue weighted by molar-refractivity contribution is -0.143. The average Bonchev–Trinajstić information content (AvgIpc) is 2.78. The van der Waals surface area contributed by atoms with Crippen molar-refractivity contribution in [1.82, 2.24) is 0 Å². The molecule has 1 aromatic rings. The van der Waals surface area contributed by atoms with Crippen LogP contribution in [0, 0.1) is 0 Å². The van der Waals surface area contributed by atoms with Gasteiger partial charge in [-0.2, -0.15) is 0 Å². The Balaban J connectivity index is 2.05. The molecule has 1 aromatic carbocycles. The van der Waals surface area contributed by atoms with Gasteiger partial charge >= 0.3 is 5.97 Å². The molecule has 178 valence electrons. The van der Waals surface area contributed by atoms with Gasteiger partial charge in [-0.05, 0) is 37.0 Å². The third kappa shape index (κ3) is 14.7. The van der Waals surface area contributed by atoms with E-state index in [1.165, 1.54) is 63.4 Å². The lowest BCUT2D eigenvalue weighted by Crippen LogP contribution is -2.27. The highest BCUT2D eigenvalue weighted by Crippen LogP contribution is 2.17. The molecular weight excluding hydrogens is 429 g/mol. The van der Waals surface area contributed by atoms with Crippen LogP contribution in [0.4, 0.5) is 5.69 Å². The monoisotopic (exact) mass is 471 g/mol. The number of unbranched alkanes of at least 4 members (excludes halogenated alkanes) is 9. The quantitative estimate of drug-likeness (QED) is 0.110. The number of carbonyl (C=O) groups is 1. The summed E-state index contributed by atoms with van der Waals surface area (Å²) in [5.41, 5.74) is 2.38. The molecule has 0 saturated heterocycles. The molecule has 0 heterocycles. The van der Waals surface area contributed by atoms with Crippen molar-refractivity contribution in [2.24, 2.45) is 0 Å². The molecule has 0 unspecified atom stereocenters. The Labute approximate surface area is 200 Å². The third-order valence-electron chi connectivity index (χ3n) is 5.62. The minimum absolute atomic E-state index is 0.0667. The largest absolute Gasteiger partial charge is 0.466 e. The van der Waals surface area contributed by atoms with Crippen LogP contribution in [0.25, 0.3) is 0 Å². The number of nitrogens with zero attached hydrogens (tertiary/aromatic N) is 1. The van der Waals surface area contributed by atoms with E-state index in [0.717, 1.165) is 38.0 Å². The van der Waals surface area contributed by atoms with Gasteiger partial charge in [-0.15, -0.1) is 23.2 Å². The number of halogens is 2. The van der Waals surface area contributed by atoms with Gasteiger partial charge in [0, 0.05) is 37.0 Å². The maximum Gasteiger partial charge on any atom is 0.305 e. The number of ether oxygens (including phenoxy) is 1. The number of alkyl halides is 2. The molecule has 0 fully saturated rings. The van der Waals surface area contributed by atoms with E-state index < -0.39 is 0 Å². The number of anilines is 1. The highest BCUT2D eigenvalue weighted by Gasteiger charge is 2.06. The number of esters is 1. The number of hydrogen-bond acceptors (Lipinski definition) is 3. The number of benzene rings is 1. The molecule has 0 atom stereocenters. The Morgan fingerprint density at radius 3 is 1.90 bits per heavy atom. The van der Waals surface area contributed by atoms with Crippen LogP contribution in [0.1, 0.15) is 89.5 Å². The zero-order valence-corrected chi connectivity index (χ0v) is 21.1. The minimum atomic E-state index is -0.0667. The van der Waals surface area contributed by atoms with E-state index in [0.29, 0.717) is 24.8 Å². The summed E-state index contributed by atoms with van der Waals surface area (Å²) < 4.78 is 5.39. The van der Waals surface area contributed by atoms with Gasteiger partial charge in [-0.25, -0.2) is 0 Å². The Hall–Kier alpha value is -0.930. The van der Waals surface area contributed by atoms with E-state index in [1.54, 1.807) is 0 Å². The lowest BCUT2D eigenvalue weighted by atomic mass is 10.1. The van der Waals surface area contributed by atoms with E-state index in [2.05, 4.69) is 36.1 Å². The van der Waals surface area contributed by atoms with E-state index in [9.17, 15) is 4.79 Å². The average molecular weight is 473 g/mol. The van der Waals surface area contributed by atoms with Crippen LogP contribution in [0.3, 0.4) is 0 Å². The SMILES string of the molecule is CCCCCCCCCCCCOC(=O)CCCc1ccc(N(CCCl)CCCl)cc1. The van der Waals surface area contributed by atoms with Crippen molar-refractivity contribution in [3.63, 3.8) is 0 Å². The molecule has 0 saturated carbocycles. The van der Waals surface area contributed by atoms with Gasteiger partial charge in [0.15, 0.2) is 0 Å². The van der Waals surface area contributed by atoms with Gasteiger partial charge in [0.25, 0.3) is 0 Å². The number of aryl methyl sites for hydroxylation is 1. The van der Waals surface area contributed by atoms with Gasteiger partial charge in [0.2, 0.25) is 0 Å². The molecule has 1 rings (SSSR count). The zero-order valence-electron chi connectivity index (χ0n) is 19.6. The smallest absolute Gasteiger partial charge is 0.305 e. The first-order chi connectivity index (χ1) is 15.2. The van der Waals surface area contributed by atoms with Crippen LogP contribution in [-0.4, -0.2) is 37.4 Å². The molecule has 0 aliphatic heterocycles. The van der Waals surface area contributed by atoms with E-state index in [1.807, 2.05) is 0 Å². The molecule has 0 aliphatic carbocycles. The van der Waals surface area contributed by atoms with Crippen molar-refractivity contribution in [2.75, 3.05) is 36.4 Å². The summed E-state index contributed by atoms with van der Waals surface area (Å²) in [6.45, 7) is 4.41. The fraction of sp³-hybridized carbons (Fsp3) is 0.731. The predicted octanol–water partition coefficient (Wildman–Crippen LogP) is 7.76. The van der Waals surface area contributed by atoms with Gasteiger partial charge < -0.3 is 9.64 Å². The Bertz CT molecular complexity index is 545. The summed E-state index contributed by atoms with van der Waals surface area (Å²) >= 11 is 11.8. The van der Waals surface area contributed by atoms with Crippen LogP contribution in [0.5, 0.6) is 0 Å². The van der Waals surface area contributed by atoms with Crippen molar-refractivity contribution < 1.29 is 9.53 Å². The first kappa shape index (κ1) is 28.1. The molecular formula is C26H43Cl2NO2. The van der Waals surface area contributed by atoms with Gasteiger partial charge in [-0.1, -0.05) is 76.8 Å². The summed E-state index contributed by atoms with van der Waals surface area (Å²) in [6.07, 6.45) is 15.1. The molecule has 3 nitrogen and oxygen atoms in total. The van der Waals surface area contributed by atoms with Crippen molar-refractivity contribution >= 4 is 34.9 Å². The van der Waals surface area contributed by atoms with Crippen molar-refractivity contribution in [3.8, 4) is 0 Å². The predicted molar refractivity (Wildman–Crippen MR) is 136 cm³/mol. The second-order valence-corrected chi connectivity index (χ2v) is 9.04. The summed E-state index contributed by atoms with van der Waals surface area (Å²) in [5, 5.41) is 0. The zero-order chi connectivity index (χ0) is 22.6. The highest BCUT2D eigenvalue weighted by atomic mass is 35.5. The summed E-state index contributed by atoms with van der Waals surface area (Å²) in [4.78, 5) is 14.1. The second kappa shape index (κ2) is 19.7. The minimum Gasteiger partial charge on any atom is -0.466 e. The Morgan fingerprint density at radius 2 is 1.35 bits per heavy atom. The molecule has 0 aliphatic rings. The second-order valence-electron chi connectivity index (χ2n) is 8.29. The molecule has 0 radical (unpaired) electrons. The van der Waals surface area contributed by atoms with Crippen LogP contribution in [0.15, 0.2) is 24.3 Å². The number of rotatable bonds is 20. The Kier molecular flexibility index (Phi) is 17.9. The Morgan fingerprint density at radius 1 is 0.806 bits per heavy atom. The van der Waals surface area contributed by atoms with Gasteiger partial charge in [0.1, 0.15) is 0 Å². The fourth-order valence-electron chi connectivity index (χ4n) is 3.73. The van der Waals surface area contributed by atoms with Crippen LogP contribution >= 0.6 is 23.2 Å². The van der Waals surface area contributed by atoms with Crippen molar-refractivity contribution in [1.29, 1.82) is 0 Å². The molecule has 5 heteroatoms. The molecule has 0 spiro atoms. The van der Waals surface area contributed by atoms with Crippen LogP contribution in [0.2, 0.25) is 0 Å². The fourth-order valence-corrected chi connectivity index (χ4v) is 4.14. The highest BCUT2D eigenvalue weighted by molar-refractivity contribution is 6.18. The van der Waals surface area contributed by atoms with Crippen LogP contribution in [-0.2, 0) is 16.0 Å². The molecule has 31 heavy (non-hydrogen) atoms. The number of carbonyl (C=O) groups excluding carboxylic acids is 1. The molecule has 0 aromatic heterocycles. The summed E-state index contributed by atoms with van der Waals surface area (Å²) in [6, 6.07) is 8.47. The van der Waals surface area contributed by atoms with Crippen molar-refractivity contribution in [3.05, 3.63) is 29.8 Å². The van der Waals surface area contributed by atoms with Gasteiger partial charge in [0.05, 0.1) is 6.61 Å². The lowest BCUT2D eigenvalue weighted by Gasteiger charge is -2.23. The van der Waals surface area contributed by atoms with Crippen LogP contribution < -0.4 is 4.90 Å². The topological polar surface area (TPSA) is 29.5 Å². The first-order valence-corrected chi connectivity index (χ1v) is 13.4. The standard InChI is InChI=1S/C26H43Cl2NO2/c1-2-3-4-5-6-7-8-9-10-11-23-31-26(30)14-12-13-24-15-17-25(18-16-24)29(21-19-27)22-20-28/h15-18H,2-14,19-23H2,1H3. The summed E-state index contributed by atoms with van der Waals surface area (Å²) in [7, 11) is 0. The maximum atomic E-state index is 11.9. The molecule has 0 N–H and O–H groups in total. The molecule has 0 bridgehead atoms. The van der Waals surface area contributed by atoms with E-state index in [4.69, 9.17) is 27.9 Å². The van der Waals surface area contributed by atoms with Gasteiger partial charge in [-0.3, -0.25) is 4.79 Å². The van der Waals surface area contributed by atoms with E-state index in [-0.39, 0.29) is 5.97 Å². The first-order valence-electron chi connectivity index (χ1n) is 12.3. The van der Waals surface area contributed by atoms with E-state index >= 15 is 0 Å². The van der Waals surface area contributed by atoms with Crippen molar-refractivity contribution in [2.45, 2.75) is 90.4 Å². The number of hydrogen-bond donors (Lipinski definition) is 0. The maximum absolute atomic E-state index is 11.9. The molecule has 0 amide bonds.